The van der Waals surface area contributed by atoms with E-state index in [2.05, 4.69) is 0 Å². The van der Waals surface area contributed by atoms with Gasteiger partial charge >= 0.3 is 28.5 Å². The lowest BCUT2D eigenvalue weighted by Crippen LogP contribution is -1.91. The Balaban J connectivity index is -0.000000188. The Morgan fingerprint density at radius 1 is 0.765 bits per heavy atom. The molecule has 0 heterocycles. The van der Waals surface area contributed by atoms with Crippen molar-refractivity contribution in [2.75, 3.05) is 0 Å². The lowest BCUT2D eigenvalue weighted by Gasteiger charge is -1.74. The summed E-state index contributed by atoms with van der Waals surface area (Å²) in [6.07, 6.45) is -0.718. The fourth-order valence-electron chi connectivity index (χ4n) is 0.143. The molecule has 0 aliphatic heterocycles. The van der Waals surface area contributed by atoms with Crippen molar-refractivity contribution in [1.29, 1.82) is 0 Å². The van der Waals surface area contributed by atoms with E-state index < -0.39 is 28.5 Å². The Hall–Kier alpha value is -2.18. The summed E-state index contributed by atoms with van der Waals surface area (Å²) in [6.45, 7) is 0. The van der Waals surface area contributed by atoms with Crippen LogP contribution in [-0.4, -0.2) is 56.0 Å². The third-order valence-electron chi connectivity index (χ3n) is 0.368. The second-order valence-electron chi connectivity index (χ2n) is 1.74. The minimum atomic E-state index is -4.67. The van der Waals surface area contributed by atoms with Crippen molar-refractivity contribution in [2.45, 2.75) is 0 Å². The van der Waals surface area contributed by atoms with Gasteiger partial charge in [-0.05, 0) is 0 Å². The van der Waals surface area contributed by atoms with Crippen LogP contribution in [0.15, 0.2) is 12.2 Å². The van der Waals surface area contributed by atoms with E-state index in [0.717, 1.165) is 0 Å². The molecule has 6 N–H and O–H groups in total. The molecular weight excluding hydrogens is 268 g/mol. The molecule has 0 rings (SSSR count). The van der Waals surface area contributed by atoms with Gasteiger partial charge < -0.3 is 20.4 Å². The molecule has 0 spiro atoms. The molecule has 0 aliphatic carbocycles. The molecular formula is C5H8O11S. The highest BCUT2D eigenvalue weighted by atomic mass is 32.3. The second-order valence-corrected chi connectivity index (χ2v) is 2.64. The van der Waals surface area contributed by atoms with Gasteiger partial charge in [0.15, 0.2) is 0 Å². The fourth-order valence-corrected chi connectivity index (χ4v) is 0.143. The highest BCUT2D eigenvalue weighted by molar-refractivity contribution is 7.79. The highest BCUT2D eigenvalue weighted by Crippen LogP contribution is 1.70. The summed E-state index contributed by atoms with van der Waals surface area (Å²) < 4.78 is 31.6. The fraction of sp³-hybridized carbons (Fsp3) is 0. The molecule has 0 saturated carbocycles. The molecule has 0 aromatic rings. The number of hydrogen-bond acceptors (Lipinski definition) is 5. The largest absolute Gasteiger partial charge is 0.503 e. The molecule has 100 valence electrons. The van der Waals surface area contributed by atoms with E-state index in [4.69, 9.17) is 42.7 Å². The van der Waals surface area contributed by atoms with Gasteiger partial charge in [-0.2, -0.15) is 8.42 Å². The van der Waals surface area contributed by atoms with Crippen molar-refractivity contribution in [3.05, 3.63) is 12.2 Å². The van der Waals surface area contributed by atoms with E-state index in [0.29, 0.717) is 12.2 Å². The lowest BCUT2D eigenvalue weighted by molar-refractivity contribution is -0.134. The molecule has 0 saturated heterocycles. The maximum atomic E-state index is 9.55. The Labute approximate surface area is 93.8 Å². The molecule has 0 fully saturated rings. The predicted molar refractivity (Wildman–Crippen MR) is 49.2 cm³/mol. The van der Waals surface area contributed by atoms with Gasteiger partial charge in [-0.1, -0.05) is 0 Å². The van der Waals surface area contributed by atoms with E-state index in [1.165, 1.54) is 0 Å². The Kier molecular flexibility index (Phi) is 12.3. The number of hydrogen-bond donors (Lipinski definition) is 6. The maximum Gasteiger partial charge on any atom is 0.503 e. The molecule has 0 aliphatic rings. The topological polar surface area (TPSA) is 207 Å². The standard InChI is InChI=1S/C4H4O4.CH2O3.H2O4S/c5-3(6)1-2-4(7)8;2-1(3)4;1-5(2,3)4/h1-2H,(H,5,6)(H,7,8);(H2,2,3,4);(H2,1,2,3,4)/b2-1-;;. The summed E-state index contributed by atoms with van der Waals surface area (Å²) in [5, 5.41) is 29.6. The summed E-state index contributed by atoms with van der Waals surface area (Å²) >= 11 is 0. The average Bonchev–Trinajstić information content (AvgIpc) is 1.96. The van der Waals surface area contributed by atoms with E-state index in [9.17, 15) is 9.59 Å². The minimum absolute atomic E-state index is 0.558. The van der Waals surface area contributed by atoms with Crippen molar-refractivity contribution in [3.8, 4) is 0 Å². The van der Waals surface area contributed by atoms with Gasteiger partial charge in [0.1, 0.15) is 0 Å². The van der Waals surface area contributed by atoms with Crippen LogP contribution >= 0.6 is 0 Å². The van der Waals surface area contributed by atoms with Crippen LogP contribution in [0.25, 0.3) is 0 Å². The van der Waals surface area contributed by atoms with Gasteiger partial charge in [0.05, 0.1) is 0 Å². The van der Waals surface area contributed by atoms with Gasteiger partial charge in [0, 0.05) is 12.2 Å². The molecule has 0 amide bonds. The van der Waals surface area contributed by atoms with Crippen molar-refractivity contribution in [1.82, 2.24) is 0 Å². The summed E-state index contributed by atoms with van der Waals surface area (Å²) in [5.41, 5.74) is 0. The summed E-state index contributed by atoms with van der Waals surface area (Å²) in [4.78, 5) is 27.7. The summed E-state index contributed by atoms with van der Waals surface area (Å²) in [6, 6.07) is 0. The molecule has 0 aromatic carbocycles. The van der Waals surface area contributed by atoms with Crippen LogP contribution in [0.4, 0.5) is 4.79 Å². The number of carbonyl (C=O) groups is 3. The van der Waals surface area contributed by atoms with Crippen LogP contribution in [0.2, 0.25) is 0 Å². The molecule has 0 bridgehead atoms. The number of aliphatic carboxylic acids is 2. The Morgan fingerprint density at radius 2 is 0.882 bits per heavy atom. The zero-order chi connectivity index (χ0) is 14.6. The van der Waals surface area contributed by atoms with Gasteiger partial charge in [0.25, 0.3) is 0 Å². The van der Waals surface area contributed by atoms with Gasteiger partial charge in [-0.15, -0.1) is 0 Å². The van der Waals surface area contributed by atoms with Gasteiger partial charge in [0.2, 0.25) is 0 Å². The molecule has 0 radical (unpaired) electrons. The van der Waals surface area contributed by atoms with Crippen LogP contribution in [0.3, 0.4) is 0 Å². The van der Waals surface area contributed by atoms with Crippen LogP contribution in [0.5, 0.6) is 0 Å². The molecule has 11 nitrogen and oxygen atoms in total. The molecule has 17 heavy (non-hydrogen) atoms. The predicted octanol–water partition coefficient (Wildman–Crippen LogP) is -0.719. The monoisotopic (exact) mass is 276 g/mol. The SMILES string of the molecule is O=C(O)/C=C\C(=O)O.O=C(O)O.O=S(=O)(O)O. The summed E-state index contributed by atoms with van der Waals surface area (Å²) in [7, 11) is -4.67. The van der Waals surface area contributed by atoms with Crippen LogP contribution in [0.1, 0.15) is 0 Å². The van der Waals surface area contributed by atoms with Crippen LogP contribution in [-0.2, 0) is 20.0 Å². The zero-order valence-corrected chi connectivity index (χ0v) is 8.60. The zero-order valence-electron chi connectivity index (χ0n) is 7.79. The highest BCUT2D eigenvalue weighted by Gasteiger charge is 1.88. The first kappa shape index (κ1) is 20.3. The second kappa shape index (κ2) is 10.3. The normalized spacial score (nSPS) is 9.29. The first-order chi connectivity index (χ1) is 7.36. The van der Waals surface area contributed by atoms with Crippen LogP contribution < -0.4 is 0 Å². The number of carboxylic acids is 2. The molecule has 12 heteroatoms. The third-order valence-corrected chi connectivity index (χ3v) is 0.368. The van der Waals surface area contributed by atoms with Crippen molar-refractivity contribution in [2.24, 2.45) is 0 Å². The van der Waals surface area contributed by atoms with E-state index >= 15 is 0 Å². The number of carboxylic acid groups (broad SMARTS) is 4. The molecule has 0 atom stereocenters. The maximum absolute atomic E-state index is 9.55. The van der Waals surface area contributed by atoms with E-state index in [1.54, 1.807) is 0 Å². The molecule has 0 aromatic heterocycles. The van der Waals surface area contributed by atoms with E-state index in [1.807, 2.05) is 0 Å². The van der Waals surface area contributed by atoms with Crippen molar-refractivity contribution in [3.63, 3.8) is 0 Å². The van der Waals surface area contributed by atoms with Gasteiger partial charge in [-0.25, -0.2) is 14.4 Å². The van der Waals surface area contributed by atoms with Crippen molar-refractivity contribution < 1.29 is 52.3 Å². The minimum Gasteiger partial charge on any atom is -0.478 e. The Bertz CT molecular complexity index is 349. The van der Waals surface area contributed by atoms with Gasteiger partial charge in [-0.3, -0.25) is 9.11 Å². The third kappa shape index (κ3) is 243. The molecule has 0 unspecified atom stereocenters. The first-order valence-corrected chi connectivity index (χ1v) is 4.51. The average molecular weight is 276 g/mol. The first-order valence-electron chi connectivity index (χ1n) is 3.12. The number of rotatable bonds is 2. The van der Waals surface area contributed by atoms with Crippen LogP contribution in [0, 0.1) is 0 Å². The van der Waals surface area contributed by atoms with Crippen molar-refractivity contribution >= 4 is 28.5 Å². The Morgan fingerprint density at radius 3 is 0.941 bits per heavy atom. The quantitative estimate of drug-likeness (QED) is 0.274. The summed E-state index contributed by atoms with van der Waals surface area (Å²) in [5.74, 6) is -2.51. The lowest BCUT2D eigenvalue weighted by atomic mass is 10.5. The van der Waals surface area contributed by atoms with E-state index in [-0.39, 0.29) is 0 Å². The smallest absolute Gasteiger partial charge is 0.478 e.